The Morgan fingerprint density at radius 3 is 2.96 bits per heavy atom. The van der Waals surface area contributed by atoms with Gasteiger partial charge in [-0.15, -0.1) is 0 Å². The molecule has 27 heavy (non-hydrogen) atoms. The standard InChI is InChI=1S/C20H22N6O/c1-24-18-8-3-2-6-15(18)22-19(24)17-12-14-13-25(10-5-11-26(14)23-17)20(27)16-7-4-9-21-16/h2-4,6-8,12,16,21H,5,9-11,13H2,1H3/t16-/m1/s1. The summed E-state index contributed by atoms with van der Waals surface area (Å²) in [5, 5.41) is 8.01. The zero-order valence-corrected chi connectivity index (χ0v) is 15.3. The highest BCUT2D eigenvalue weighted by Gasteiger charge is 2.27. The quantitative estimate of drug-likeness (QED) is 0.705. The van der Waals surface area contributed by atoms with E-state index >= 15 is 0 Å². The first kappa shape index (κ1) is 16.3. The molecule has 0 fully saturated rings. The maximum atomic E-state index is 12.8. The number of imidazole rings is 1. The molecule has 0 aliphatic carbocycles. The van der Waals surface area contributed by atoms with E-state index in [2.05, 4.69) is 22.0 Å². The lowest BCUT2D eigenvalue weighted by molar-refractivity contribution is -0.132. The van der Waals surface area contributed by atoms with Crippen molar-refractivity contribution in [1.29, 1.82) is 0 Å². The molecule has 4 heterocycles. The molecule has 2 aliphatic heterocycles. The molecule has 2 aliphatic rings. The van der Waals surface area contributed by atoms with E-state index in [1.807, 2.05) is 47.0 Å². The molecule has 1 aromatic carbocycles. The number of nitrogens with one attached hydrogen (secondary N) is 1. The molecular weight excluding hydrogens is 340 g/mol. The van der Waals surface area contributed by atoms with E-state index in [1.165, 1.54) is 0 Å². The van der Waals surface area contributed by atoms with Crippen LogP contribution in [0.15, 0.2) is 42.5 Å². The first-order valence-electron chi connectivity index (χ1n) is 9.38. The Bertz CT molecular complexity index is 1050. The molecule has 7 nitrogen and oxygen atoms in total. The van der Waals surface area contributed by atoms with Crippen molar-refractivity contribution in [3.63, 3.8) is 0 Å². The molecule has 1 N–H and O–H groups in total. The zero-order valence-electron chi connectivity index (χ0n) is 15.3. The van der Waals surface area contributed by atoms with Crippen LogP contribution >= 0.6 is 0 Å². The number of aromatic nitrogens is 4. The Balaban J connectivity index is 1.47. The topological polar surface area (TPSA) is 68.0 Å². The number of carbonyl (C=O) groups is 1. The van der Waals surface area contributed by atoms with Crippen LogP contribution in [0, 0.1) is 0 Å². The number of amides is 1. The summed E-state index contributed by atoms with van der Waals surface area (Å²) in [5.74, 6) is 0.998. The molecule has 3 aromatic rings. The lowest BCUT2D eigenvalue weighted by Crippen LogP contribution is -2.43. The highest BCUT2D eigenvalue weighted by atomic mass is 16.2. The van der Waals surface area contributed by atoms with E-state index in [0.717, 1.165) is 54.3 Å². The minimum Gasteiger partial charge on any atom is -0.335 e. The number of benzene rings is 1. The highest BCUT2D eigenvalue weighted by molar-refractivity contribution is 5.84. The number of nitrogens with zero attached hydrogens (tertiary/aromatic N) is 5. The van der Waals surface area contributed by atoms with Gasteiger partial charge in [0.05, 0.1) is 23.3 Å². The van der Waals surface area contributed by atoms with Crippen molar-refractivity contribution in [2.75, 3.05) is 13.1 Å². The van der Waals surface area contributed by atoms with Crippen molar-refractivity contribution in [3.8, 4) is 11.5 Å². The average molecular weight is 362 g/mol. The molecular formula is C20H22N6O. The van der Waals surface area contributed by atoms with E-state index in [4.69, 9.17) is 10.1 Å². The predicted octanol–water partition coefficient (Wildman–Crippen LogP) is 1.70. The number of carbonyl (C=O) groups excluding carboxylic acids is 1. The minimum absolute atomic E-state index is 0.141. The average Bonchev–Trinajstić information content (AvgIpc) is 3.39. The fourth-order valence-electron chi connectivity index (χ4n) is 3.97. The third-order valence-corrected chi connectivity index (χ3v) is 5.39. The summed E-state index contributed by atoms with van der Waals surface area (Å²) >= 11 is 0. The van der Waals surface area contributed by atoms with Crippen LogP contribution in [0.3, 0.4) is 0 Å². The maximum absolute atomic E-state index is 12.8. The lowest BCUT2D eigenvalue weighted by atomic mass is 10.2. The van der Waals surface area contributed by atoms with E-state index in [1.54, 1.807) is 0 Å². The molecule has 7 heteroatoms. The summed E-state index contributed by atoms with van der Waals surface area (Å²) in [5.41, 5.74) is 3.97. The van der Waals surface area contributed by atoms with E-state index in [-0.39, 0.29) is 11.9 Å². The van der Waals surface area contributed by atoms with Gasteiger partial charge < -0.3 is 9.47 Å². The van der Waals surface area contributed by atoms with Crippen LogP contribution in [-0.4, -0.2) is 49.3 Å². The van der Waals surface area contributed by atoms with Crippen LogP contribution in [0.5, 0.6) is 0 Å². The van der Waals surface area contributed by atoms with Gasteiger partial charge in [0, 0.05) is 26.7 Å². The molecule has 0 spiro atoms. The van der Waals surface area contributed by atoms with Crippen molar-refractivity contribution in [1.82, 2.24) is 29.5 Å². The van der Waals surface area contributed by atoms with Gasteiger partial charge in [0.25, 0.3) is 0 Å². The van der Waals surface area contributed by atoms with Gasteiger partial charge in [-0.05, 0) is 24.6 Å². The lowest BCUT2D eigenvalue weighted by Gasteiger charge is -2.23. The van der Waals surface area contributed by atoms with Gasteiger partial charge in [0.2, 0.25) is 5.91 Å². The number of fused-ring (bicyclic) bond motifs is 2. The fraction of sp³-hybridized carbons (Fsp3) is 0.350. The van der Waals surface area contributed by atoms with Gasteiger partial charge in [-0.25, -0.2) is 4.98 Å². The first-order chi connectivity index (χ1) is 13.2. The molecule has 0 radical (unpaired) electrons. The van der Waals surface area contributed by atoms with Crippen LogP contribution in [0.1, 0.15) is 12.1 Å². The van der Waals surface area contributed by atoms with Crippen LogP contribution in [0.25, 0.3) is 22.6 Å². The maximum Gasteiger partial charge on any atom is 0.244 e. The monoisotopic (exact) mass is 362 g/mol. The molecule has 2 aromatic heterocycles. The van der Waals surface area contributed by atoms with Gasteiger partial charge in [0.15, 0.2) is 5.82 Å². The zero-order chi connectivity index (χ0) is 18.4. The number of para-hydroxylation sites is 2. The number of rotatable bonds is 2. The Kier molecular flexibility index (Phi) is 3.82. The molecule has 138 valence electrons. The summed E-state index contributed by atoms with van der Waals surface area (Å²) in [4.78, 5) is 19.5. The Morgan fingerprint density at radius 1 is 1.26 bits per heavy atom. The van der Waals surface area contributed by atoms with Crippen LogP contribution < -0.4 is 5.32 Å². The largest absolute Gasteiger partial charge is 0.335 e. The predicted molar refractivity (Wildman–Crippen MR) is 103 cm³/mol. The summed E-state index contributed by atoms with van der Waals surface area (Å²) in [7, 11) is 2.02. The van der Waals surface area contributed by atoms with Crippen LogP contribution in [0.2, 0.25) is 0 Å². The third-order valence-electron chi connectivity index (χ3n) is 5.39. The second-order valence-electron chi connectivity index (χ2n) is 7.15. The van der Waals surface area contributed by atoms with Crippen molar-refractivity contribution in [3.05, 3.63) is 48.2 Å². The van der Waals surface area contributed by atoms with E-state index < -0.39 is 0 Å². The second-order valence-corrected chi connectivity index (χ2v) is 7.15. The molecule has 5 rings (SSSR count). The highest BCUT2D eigenvalue weighted by Crippen LogP contribution is 2.25. The molecule has 0 unspecified atom stereocenters. The van der Waals surface area contributed by atoms with Crippen molar-refractivity contribution in [2.24, 2.45) is 7.05 Å². The van der Waals surface area contributed by atoms with Crippen LogP contribution in [-0.2, 0) is 24.9 Å². The Morgan fingerprint density at radius 2 is 2.15 bits per heavy atom. The van der Waals surface area contributed by atoms with Gasteiger partial charge in [0.1, 0.15) is 11.7 Å². The summed E-state index contributed by atoms with van der Waals surface area (Å²) < 4.78 is 4.10. The Labute approximate surface area is 157 Å². The molecule has 0 saturated carbocycles. The molecule has 1 amide bonds. The summed E-state index contributed by atoms with van der Waals surface area (Å²) in [6, 6.07) is 9.98. The van der Waals surface area contributed by atoms with E-state index in [0.29, 0.717) is 6.54 Å². The Hall–Kier alpha value is -2.93. The molecule has 0 saturated heterocycles. The van der Waals surface area contributed by atoms with Gasteiger partial charge in [-0.2, -0.15) is 5.10 Å². The van der Waals surface area contributed by atoms with Gasteiger partial charge in [-0.1, -0.05) is 24.3 Å². The van der Waals surface area contributed by atoms with Gasteiger partial charge >= 0.3 is 0 Å². The molecule has 0 bridgehead atoms. The smallest absolute Gasteiger partial charge is 0.244 e. The van der Waals surface area contributed by atoms with Crippen molar-refractivity contribution < 1.29 is 4.79 Å². The van der Waals surface area contributed by atoms with Crippen LogP contribution in [0.4, 0.5) is 0 Å². The first-order valence-corrected chi connectivity index (χ1v) is 9.38. The summed E-state index contributed by atoms with van der Waals surface area (Å²) in [6.45, 7) is 2.92. The fourth-order valence-corrected chi connectivity index (χ4v) is 3.97. The third kappa shape index (κ3) is 2.75. The van der Waals surface area contributed by atoms with E-state index in [9.17, 15) is 4.79 Å². The van der Waals surface area contributed by atoms with Crippen molar-refractivity contribution >= 4 is 16.9 Å². The number of hydrogen-bond acceptors (Lipinski definition) is 4. The normalized spacial score (nSPS) is 19.4. The van der Waals surface area contributed by atoms with Crippen molar-refractivity contribution in [2.45, 2.75) is 25.6 Å². The summed E-state index contributed by atoms with van der Waals surface area (Å²) in [6.07, 6.45) is 4.86. The second kappa shape index (κ2) is 6.35. The number of hydrogen-bond donors (Lipinski definition) is 1. The number of aryl methyl sites for hydroxylation is 2. The molecule has 1 atom stereocenters. The minimum atomic E-state index is -0.196. The SMILES string of the molecule is Cn1c(-c2cc3n(n2)CCCN(C(=O)[C@H]2C=CCN2)C3)nc2ccccc21. The van der Waals surface area contributed by atoms with Gasteiger partial charge in [-0.3, -0.25) is 14.8 Å².